The molecule has 0 aliphatic carbocycles. The maximum Gasteiger partial charge on any atom is 0.125 e. The van der Waals surface area contributed by atoms with Crippen molar-refractivity contribution in [1.29, 1.82) is 0 Å². The molecule has 1 aliphatic heterocycles. The highest BCUT2D eigenvalue weighted by Crippen LogP contribution is 2.39. The zero-order chi connectivity index (χ0) is 13.6. The Hall–Kier alpha value is -1.29. The summed E-state index contributed by atoms with van der Waals surface area (Å²) in [6.07, 6.45) is 1.14. The Balaban J connectivity index is 2.05. The topological polar surface area (TPSA) is 29.9 Å². The molecular formula is C15H21N3S. The van der Waals surface area contributed by atoms with Gasteiger partial charge in [-0.15, -0.1) is 11.3 Å². The van der Waals surface area contributed by atoms with Crippen LogP contribution in [0, 0.1) is 12.3 Å². The first-order valence-corrected chi connectivity index (χ1v) is 7.72. The van der Waals surface area contributed by atoms with Crippen molar-refractivity contribution in [2.24, 2.45) is 5.41 Å². The number of aryl methyl sites for hydroxylation is 1. The fourth-order valence-electron chi connectivity index (χ4n) is 2.77. The Kier molecular flexibility index (Phi) is 2.93. The summed E-state index contributed by atoms with van der Waals surface area (Å²) < 4.78 is 2.19. The summed E-state index contributed by atoms with van der Waals surface area (Å²) >= 11 is 1.77. The van der Waals surface area contributed by atoms with Gasteiger partial charge in [0.15, 0.2) is 0 Å². The van der Waals surface area contributed by atoms with Gasteiger partial charge in [0.1, 0.15) is 11.5 Å². The molecule has 3 rings (SSSR count). The fourth-order valence-corrected chi connectivity index (χ4v) is 3.65. The molecule has 1 atom stereocenters. The number of rotatable bonds is 1. The zero-order valence-corrected chi connectivity index (χ0v) is 12.8. The van der Waals surface area contributed by atoms with Crippen LogP contribution in [0.25, 0.3) is 10.6 Å². The molecule has 1 aliphatic rings. The number of nitrogens with one attached hydrogen (secondary N) is 1. The second-order valence-electron chi connectivity index (χ2n) is 6.39. The minimum atomic E-state index is 0.241. The Morgan fingerprint density at radius 3 is 2.84 bits per heavy atom. The highest BCUT2D eigenvalue weighted by molar-refractivity contribution is 7.13. The molecule has 0 saturated heterocycles. The van der Waals surface area contributed by atoms with Crippen molar-refractivity contribution < 1.29 is 0 Å². The summed E-state index contributed by atoms with van der Waals surface area (Å²) in [5.41, 5.74) is 2.66. The molecule has 19 heavy (non-hydrogen) atoms. The maximum atomic E-state index is 4.87. The van der Waals surface area contributed by atoms with Gasteiger partial charge < -0.3 is 5.32 Å². The molecular weight excluding hydrogens is 254 g/mol. The number of thiophene rings is 1. The molecule has 3 nitrogen and oxygen atoms in total. The van der Waals surface area contributed by atoms with Gasteiger partial charge in [-0.2, -0.15) is 5.10 Å². The lowest BCUT2D eigenvalue weighted by molar-refractivity contribution is 0.211. The Morgan fingerprint density at radius 1 is 1.42 bits per heavy atom. The number of hydrogen-bond acceptors (Lipinski definition) is 3. The summed E-state index contributed by atoms with van der Waals surface area (Å²) in [6.45, 7) is 10.1. The summed E-state index contributed by atoms with van der Waals surface area (Å²) in [5.74, 6) is 1.16. The van der Waals surface area contributed by atoms with Crippen molar-refractivity contribution in [3.05, 3.63) is 23.1 Å². The molecule has 3 heterocycles. The monoisotopic (exact) mass is 275 g/mol. The molecule has 2 aromatic rings. The highest BCUT2D eigenvalue weighted by Gasteiger charge is 2.31. The van der Waals surface area contributed by atoms with Crippen LogP contribution in [-0.2, 0) is 0 Å². The first kappa shape index (κ1) is 12.7. The predicted molar refractivity (Wildman–Crippen MR) is 81.9 cm³/mol. The molecule has 4 heteroatoms. The molecule has 0 spiro atoms. The lowest BCUT2D eigenvalue weighted by atomic mass is 9.84. The lowest BCUT2D eigenvalue weighted by Gasteiger charge is -2.35. The van der Waals surface area contributed by atoms with E-state index >= 15 is 0 Å². The molecule has 0 saturated carbocycles. The van der Waals surface area contributed by atoms with Crippen molar-refractivity contribution in [3.8, 4) is 10.6 Å². The number of fused-ring (bicyclic) bond motifs is 1. The summed E-state index contributed by atoms with van der Waals surface area (Å²) in [7, 11) is 0. The van der Waals surface area contributed by atoms with Gasteiger partial charge in [0, 0.05) is 12.6 Å². The minimum absolute atomic E-state index is 0.241. The molecule has 0 bridgehead atoms. The van der Waals surface area contributed by atoms with Crippen LogP contribution in [-0.4, -0.2) is 16.3 Å². The standard InChI is InChI=1S/C15H21N3S/c1-10-6-8-19-14(10)11-9-13-16-7-5-12(15(2,3)4)18(13)17-11/h6,8-9,12,16H,5,7H2,1-4H3. The van der Waals surface area contributed by atoms with Gasteiger partial charge in [0.05, 0.1) is 10.9 Å². The summed E-state index contributed by atoms with van der Waals surface area (Å²) in [6, 6.07) is 4.82. The van der Waals surface area contributed by atoms with Crippen molar-refractivity contribution >= 4 is 17.2 Å². The lowest BCUT2D eigenvalue weighted by Crippen LogP contribution is -2.32. The summed E-state index contributed by atoms with van der Waals surface area (Å²) in [4.78, 5) is 1.29. The van der Waals surface area contributed by atoms with Gasteiger partial charge >= 0.3 is 0 Å². The van der Waals surface area contributed by atoms with Crippen molar-refractivity contribution in [1.82, 2.24) is 9.78 Å². The zero-order valence-electron chi connectivity index (χ0n) is 12.0. The van der Waals surface area contributed by atoms with Crippen molar-refractivity contribution in [2.45, 2.75) is 40.2 Å². The van der Waals surface area contributed by atoms with E-state index < -0.39 is 0 Å². The normalized spacial score (nSPS) is 19.1. The van der Waals surface area contributed by atoms with Crippen LogP contribution in [0.1, 0.15) is 38.8 Å². The van der Waals surface area contributed by atoms with E-state index in [2.05, 4.69) is 55.2 Å². The largest absolute Gasteiger partial charge is 0.370 e. The van der Waals surface area contributed by atoms with Gasteiger partial charge in [0.2, 0.25) is 0 Å². The van der Waals surface area contributed by atoms with E-state index in [-0.39, 0.29) is 5.41 Å². The van der Waals surface area contributed by atoms with Crippen LogP contribution in [0.3, 0.4) is 0 Å². The maximum absolute atomic E-state index is 4.87. The number of nitrogens with zero attached hydrogens (tertiary/aromatic N) is 2. The third-order valence-electron chi connectivity index (χ3n) is 3.85. The third kappa shape index (κ3) is 2.18. The Bertz CT molecular complexity index is 589. The predicted octanol–water partition coefficient (Wildman–Crippen LogP) is 4.32. The van der Waals surface area contributed by atoms with Crippen LogP contribution >= 0.6 is 11.3 Å². The van der Waals surface area contributed by atoms with Gasteiger partial charge in [-0.25, -0.2) is 4.68 Å². The van der Waals surface area contributed by atoms with E-state index in [0.29, 0.717) is 6.04 Å². The molecule has 1 unspecified atom stereocenters. The Labute approximate surface area is 118 Å². The first-order chi connectivity index (χ1) is 8.97. The molecule has 0 radical (unpaired) electrons. The summed E-state index contributed by atoms with van der Waals surface area (Å²) in [5, 5.41) is 10.5. The Morgan fingerprint density at radius 2 is 2.21 bits per heavy atom. The van der Waals surface area contributed by atoms with E-state index in [4.69, 9.17) is 5.10 Å². The molecule has 0 fully saturated rings. The van der Waals surface area contributed by atoms with Gasteiger partial charge in [-0.1, -0.05) is 20.8 Å². The van der Waals surface area contributed by atoms with E-state index in [1.165, 1.54) is 10.4 Å². The van der Waals surface area contributed by atoms with Gasteiger partial charge in [-0.05, 0) is 35.8 Å². The number of hydrogen-bond donors (Lipinski definition) is 1. The quantitative estimate of drug-likeness (QED) is 0.840. The highest BCUT2D eigenvalue weighted by atomic mass is 32.1. The molecule has 0 aromatic carbocycles. The van der Waals surface area contributed by atoms with E-state index in [9.17, 15) is 0 Å². The average Bonchev–Trinajstić information content (AvgIpc) is 2.91. The second-order valence-corrected chi connectivity index (χ2v) is 7.31. The van der Waals surface area contributed by atoms with Crippen LogP contribution in [0.4, 0.5) is 5.82 Å². The van der Waals surface area contributed by atoms with Crippen LogP contribution in [0.5, 0.6) is 0 Å². The first-order valence-electron chi connectivity index (χ1n) is 6.85. The van der Waals surface area contributed by atoms with E-state index in [0.717, 1.165) is 24.5 Å². The van der Waals surface area contributed by atoms with Gasteiger partial charge in [-0.3, -0.25) is 0 Å². The third-order valence-corrected chi connectivity index (χ3v) is 4.89. The molecule has 102 valence electrons. The minimum Gasteiger partial charge on any atom is -0.370 e. The number of aromatic nitrogens is 2. The van der Waals surface area contributed by atoms with Crippen molar-refractivity contribution in [3.63, 3.8) is 0 Å². The van der Waals surface area contributed by atoms with Crippen LogP contribution in [0.2, 0.25) is 0 Å². The average molecular weight is 275 g/mol. The van der Waals surface area contributed by atoms with Crippen LogP contribution < -0.4 is 5.32 Å². The molecule has 1 N–H and O–H groups in total. The SMILES string of the molecule is Cc1ccsc1-c1cc2n(n1)C(C(C)(C)C)CCN2. The van der Waals surface area contributed by atoms with E-state index in [1.807, 2.05) is 0 Å². The molecule has 2 aromatic heterocycles. The molecule has 0 amide bonds. The van der Waals surface area contributed by atoms with Crippen LogP contribution in [0.15, 0.2) is 17.5 Å². The van der Waals surface area contributed by atoms with Gasteiger partial charge in [0.25, 0.3) is 0 Å². The van der Waals surface area contributed by atoms with Crippen molar-refractivity contribution in [2.75, 3.05) is 11.9 Å². The van der Waals surface area contributed by atoms with E-state index in [1.54, 1.807) is 11.3 Å². The smallest absolute Gasteiger partial charge is 0.125 e. The number of anilines is 1. The fraction of sp³-hybridized carbons (Fsp3) is 0.533. The second kappa shape index (κ2) is 4.37.